The first-order chi connectivity index (χ1) is 11.0. The zero-order valence-electron chi connectivity index (χ0n) is 11.9. The highest BCUT2D eigenvalue weighted by Gasteiger charge is 2.25. The summed E-state index contributed by atoms with van der Waals surface area (Å²) in [5, 5.41) is 24.2. The molecule has 2 rings (SSSR count). The maximum atomic E-state index is 11.8. The van der Waals surface area contributed by atoms with Crippen molar-refractivity contribution in [1.82, 2.24) is 5.16 Å². The summed E-state index contributed by atoms with van der Waals surface area (Å²) in [7, 11) is 0. The second-order valence-corrected chi connectivity index (χ2v) is 4.42. The van der Waals surface area contributed by atoms with Crippen molar-refractivity contribution in [3.63, 3.8) is 0 Å². The molecule has 1 heterocycles. The lowest BCUT2D eigenvalue weighted by Gasteiger charge is -2.02. The minimum Gasteiger partial charge on any atom is -0.477 e. The van der Waals surface area contributed by atoms with Crippen LogP contribution in [-0.2, 0) is 4.79 Å². The van der Waals surface area contributed by atoms with E-state index in [0.717, 1.165) is 0 Å². The molecule has 23 heavy (non-hydrogen) atoms. The predicted octanol–water partition coefficient (Wildman–Crippen LogP) is 2.59. The quantitative estimate of drug-likeness (QED) is 0.647. The molecule has 7 heteroatoms. The first kappa shape index (κ1) is 15.7. The molecule has 0 atom stereocenters. The Labute approximate surface area is 131 Å². The third-order valence-corrected chi connectivity index (χ3v) is 2.94. The zero-order chi connectivity index (χ0) is 17.0. The number of anilines is 1. The fourth-order valence-electron chi connectivity index (χ4n) is 1.78. The average molecular weight is 309 g/mol. The number of aromatic carboxylic acids is 1. The van der Waals surface area contributed by atoms with E-state index < -0.39 is 11.9 Å². The van der Waals surface area contributed by atoms with Gasteiger partial charge in [-0.3, -0.25) is 10.1 Å². The van der Waals surface area contributed by atoms with Crippen molar-refractivity contribution in [3.05, 3.63) is 60.2 Å². The zero-order valence-corrected chi connectivity index (χ0v) is 11.9. The summed E-state index contributed by atoms with van der Waals surface area (Å²) < 4.78 is 4.93. The minimum absolute atomic E-state index is 0.00844. The van der Waals surface area contributed by atoms with Gasteiger partial charge < -0.3 is 9.63 Å². The molecule has 0 aliphatic carbocycles. The second-order valence-electron chi connectivity index (χ2n) is 4.42. The number of hydrogen-bond acceptors (Lipinski definition) is 5. The van der Waals surface area contributed by atoms with Gasteiger partial charge in [-0.1, -0.05) is 36.5 Å². The van der Waals surface area contributed by atoms with Crippen LogP contribution in [0.5, 0.6) is 0 Å². The van der Waals surface area contributed by atoms with Gasteiger partial charge in [0, 0.05) is 11.1 Å². The van der Waals surface area contributed by atoms with Crippen LogP contribution < -0.4 is 5.32 Å². The number of amides is 1. The highest BCUT2D eigenvalue weighted by Crippen LogP contribution is 2.29. The van der Waals surface area contributed by atoms with Crippen molar-refractivity contribution in [2.75, 3.05) is 5.32 Å². The van der Waals surface area contributed by atoms with Gasteiger partial charge in [0.1, 0.15) is 5.69 Å². The fourth-order valence-corrected chi connectivity index (χ4v) is 1.78. The van der Waals surface area contributed by atoms with Gasteiger partial charge in [-0.25, -0.2) is 4.79 Å². The van der Waals surface area contributed by atoms with Gasteiger partial charge in [-0.2, -0.15) is 5.26 Å². The molecule has 0 aliphatic rings. The van der Waals surface area contributed by atoms with Crippen molar-refractivity contribution in [2.24, 2.45) is 0 Å². The van der Waals surface area contributed by atoms with E-state index in [1.165, 1.54) is 12.1 Å². The number of nitrogens with zero attached hydrogens (tertiary/aromatic N) is 2. The van der Waals surface area contributed by atoms with Crippen LogP contribution in [0, 0.1) is 11.3 Å². The molecule has 7 nitrogen and oxygen atoms in total. The molecule has 114 valence electrons. The number of nitrogens with one attached hydrogen (secondary N) is 1. The van der Waals surface area contributed by atoms with Crippen LogP contribution >= 0.6 is 0 Å². The Balaban J connectivity index is 2.49. The number of carbonyl (C=O) groups excluding carboxylic acids is 1. The number of aromatic nitrogens is 1. The van der Waals surface area contributed by atoms with Crippen molar-refractivity contribution in [1.29, 1.82) is 5.26 Å². The lowest BCUT2D eigenvalue weighted by Crippen LogP contribution is -2.14. The molecule has 0 saturated heterocycles. The Hall–Kier alpha value is -3.66. The number of hydrogen-bond donors (Lipinski definition) is 2. The third kappa shape index (κ3) is 3.16. The summed E-state index contributed by atoms with van der Waals surface area (Å²) in [5.74, 6) is -2.30. The van der Waals surface area contributed by atoms with Gasteiger partial charge in [0.05, 0.1) is 11.6 Å². The lowest BCUT2D eigenvalue weighted by molar-refractivity contribution is -0.112. The van der Waals surface area contributed by atoms with Crippen molar-refractivity contribution >= 4 is 17.8 Å². The Morgan fingerprint density at radius 1 is 1.43 bits per heavy atom. The topological polar surface area (TPSA) is 116 Å². The number of benzene rings is 1. The largest absolute Gasteiger partial charge is 0.477 e. The van der Waals surface area contributed by atoms with Gasteiger partial charge in [0.2, 0.25) is 5.88 Å². The number of rotatable bonds is 5. The first-order valence-electron chi connectivity index (χ1n) is 6.34. The summed E-state index contributed by atoms with van der Waals surface area (Å²) in [6.45, 7) is 6.85. The number of carboxylic acids is 1. The van der Waals surface area contributed by atoms with Crippen LogP contribution in [0.3, 0.4) is 0 Å². The van der Waals surface area contributed by atoms with Crippen LogP contribution in [0.4, 0.5) is 5.88 Å². The van der Waals surface area contributed by atoms with E-state index in [-0.39, 0.29) is 22.7 Å². The molecular weight excluding hydrogens is 298 g/mol. The number of carbonyl (C=O) groups is 2. The summed E-state index contributed by atoms with van der Waals surface area (Å²) in [6.07, 6.45) is 1.23. The van der Waals surface area contributed by atoms with Crippen molar-refractivity contribution in [3.8, 4) is 17.3 Å². The van der Waals surface area contributed by atoms with E-state index in [9.17, 15) is 14.7 Å². The highest BCUT2D eigenvalue weighted by atomic mass is 16.5. The molecule has 0 bridgehead atoms. The molecule has 0 aliphatic heterocycles. The standard InChI is InChI=1S/C16H11N3O4/c1-3-9(2)14(20)18-15-12(16(21)22)13(19-23-15)11-6-4-5-10(7-11)8-17/h3-7H,1-2H2,(H,18,20)(H,21,22). The molecule has 1 aromatic carbocycles. The first-order valence-corrected chi connectivity index (χ1v) is 6.34. The lowest BCUT2D eigenvalue weighted by atomic mass is 10.1. The molecule has 2 aromatic rings. The molecular formula is C16H11N3O4. The SMILES string of the molecule is C=CC(=C)C(=O)Nc1onc(-c2cccc(C#N)c2)c1C(=O)O. The molecule has 0 unspecified atom stereocenters. The predicted molar refractivity (Wildman–Crippen MR) is 81.6 cm³/mol. The van der Waals surface area contributed by atoms with Gasteiger partial charge >= 0.3 is 5.97 Å². The monoisotopic (exact) mass is 309 g/mol. The van der Waals surface area contributed by atoms with Crippen LogP contribution in [-0.4, -0.2) is 22.1 Å². The van der Waals surface area contributed by atoms with Crippen LogP contribution in [0.2, 0.25) is 0 Å². The highest BCUT2D eigenvalue weighted by molar-refractivity contribution is 6.08. The maximum absolute atomic E-state index is 11.8. The summed E-state index contributed by atoms with van der Waals surface area (Å²) >= 11 is 0. The molecule has 0 spiro atoms. The number of carboxylic acid groups (broad SMARTS) is 1. The van der Waals surface area contributed by atoms with E-state index in [4.69, 9.17) is 9.78 Å². The third-order valence-electron chi connectivity index (χ3n) is 2.94. The molecule has 1 aromatic heterocycles. The van der Waals surface area contributed by atoms with Gasteiger partial charge in [0.25, 0.3) is 5.91 Å². The van der Waals surface area contributed by atoms with E-state index in [1.54, 1.807) is 18.2 Å². The van der Waals surface area contributed by atoms with E-state index in [1.807, 2.05) is 6.07 Å². The summed E-state index contributed by atoms with van der Waals surface area (Å²) in [6, 6.07) is 8.16. The summed E-state index contributed by atoms with van der Waals surface area (Å²) in [4.78, 5) is 23.3. The Kier molecular flexibility index (Phi) is 4.38. The van der Waals surface area contributed by atoms with Gasteiger partial charge in [0.15, 0.2) is 5.56 Å². The maximum Gasteiger partial charge on any atom is 0.343 e. The normalized spacial score (nSPS) is 9.70. The molecule has 0 radical (unpaired) electrons. The Morgan fingerprint density at radius 2 is 2.17 bits per heavy atom. The van der Waals surface area contributed by atoms with E-state index in [0.29, 0.717) is 11.1 Å². The van der Waals surface area contributed by atoms with Crippen LogP contribution in [0.25, 0.3) is 11.3 Å². The fraction of sp³-hybridized carbons (Fsp3) is 0. The molecule has 0 fully saturated rings. The molecule has 1 amide bonds. The number of nitriles is 1. The average Bonchev–Trinajstić information content (AvgIpc) is 2.97. The molecule has 2 N–H and O–H groups in total. The van der Waals surface area contributed by atoms with Crippen molar-refractivity contribution < 1.29 is 19.2 Å². The second kappa shape index (κ2) is 6.41. The smallest absolute Gasteiger partial charge is 0.343 e. The van der Waals surface area contributed by atoms with Crippen LogP contribution in [0.15, 0.2) is 53.6 Å². The molecule has 0 saturated carbocycles. The Bertz CT molecular complexity index is 858. The van der Waals surface area contributed by atoms with Gasteiger partial charge in [-0.15, -0.1) is 0 Å². The van der Waals surface area contributed by atoms with E-state index >= 15 is 0 Å². The van der Waals surface area contributed by atoms with Gasteiger partial charge in [-0.05, 0) is 12.1 Å². The minimum atomic E-state index is -1.33. The van der Waals surface area contributed by atoms with E-state index in [2.05, 4.69) is 23.6 Å². The van der Waals surface area contributed by atoms with Crippen LogP contribution in [0.1, 0.15) is 15.9 Å². The van der Waals surface area contributed by atoms with Crippen molar-refractivity contribution in [2.45, 2.75) is 0 Å². The summed E-state index contributed by atoms with van der Waals surface area (Å²) in [5.41, 5.74) is 0.464. The Morgan fingerprint density at radius 3 is 2.78 bits per heavy atom.